The van der Waals surface area contributed by atoms with E-state index in [2.05, 4.69) is 34.7 Å². The molecular weight excluding hydrogens is 222 g/mol. The van der Waals surface area contributed by atoms with Gasteiger partial charge in [-0.3, -0.25) is 0 Å². The Bertz CT molecular complexity index is 487. The zero-order valence-electron chi connectivity index (χ0n) is 11.2. The van der Waals surface area contributed by atoms with Gasteiger partial charge in [0.15, 0.2) is 0 Å². The summed E-state index contributed by atoms with van der Waals surface area (Å²) in [6.45, 7) is 3.97. The van der Waals surface area contributed by atoms with Crippen LogP contribution in [-0.2, 0) is 13.0 Å². The Hall–Kier alpha value is -1.35. The number of fused-ring (bicyclic) bond motifs is 1. The fraction of sp³-hybridized carbons (Fsp3) is 0.533. The quantitative estimate of drug-likeness (QED) is 0.762. The predicted molar refractivity (Wildman–Crippen MR) is 76.6 cm³/mol. The molecule has 2 aromatic rings. The van der Waals surface area contributed by atoms with Crippen LogP contribution in [0.1, 0.15) is 38.4 Å². The highest BCUT2D eigenvalue weighted by Gasteiger charge is 2.08. The molecular formula is C15H23N3. The van der Waals surface area contributed by atoms with Gasteiger partial charge in [0.2, 0.25) is 0 Å². The van der Waals surface area contributed by atoms with Gasteiger partial charge in [-0.1, -0.05) is 38.3 Å². The van der Waals surface area contributed by atoms with E-state index in [-0.39, 0.29) is 0 Å². The third-order valence-electron chi connectivity index (χ3n) is 3.34. The molecule has 1 heterocycles. The summed E-state index contributed by atoms with van der Waals surface area (Å²) >= 11 is 0. The molecule has 0 unspecified atom stereocenters. The number of nitrogens with two attached hydrogens (primary N) is 1. The molecule has 0 radical (unpaired) electrons. The van der Waals surface area contributed by atoms with Gasteiger partial charge in [-0.2, -0.15) is 0 Å². The number of nitrogens with zero attached hydrogens (tertiary/aromatic N) is 2. The monoisotopic (exact) mass is 245 g/mol. The molecule has 0 bridgehead atoms. The highest BCUT2D eigenvalue weighted by atomic mass is 15.1. The van der Waals surface area contributed by atoms with Crippen LogP contribution in [0.2, 0.25) is 0 Å². The van der Waals surface area contributed by atoms with Gasteiger partial charge >= 0.3 is 0 Å². The van der Waals surface area contributed by atoms with Crippen LogP contribution in [0, 0.1) is 0 Å². The van der Waals surface area contributed by atoms with Crippen molar-refractivity contribution in [3.8, 4) is 0 Å². The molecule has 0 atom stereocenters. The molecule has 2 rings (SSSR count). The van der Waals surface area contributed by atoms with E-state index >= 15 is 0 Å². The summed E-state index contributed by atoms with van der Waals surface area (Å²) in [4.78, 5) is 4.68. The van der Waals surface area contributed by atoms with Crippen molar-refractivity contribution in [3.63, 3.8) is 0 Å². The highest BCUT2D eigenvalue weighted by Crippen LogP contribution is 2.17. The maximum Gasteiger partial charge on any atom is 0.111 e. The first-order chi connectivity index (χ1) is 8.86. The minimum Gasteiger partial charge on any atom is -0.330 e. The number of benzene rings is 1. The standard InChI is InChI=1S/C15H23N3/c1-2-3-4-7-12-18-14-9-6-5-8-13(14)17-15(18)10-11-16/h5-6,8-9H,2-4,7,10-12,16H2,1H3. The summed E-state index contributed by atoms with van der Waals surface area (Å²) in [5.74, 6) is 1.13. The second-order valence-corrected chi connectivity index (χ2v) is 4.77. The number of aromatic nitrogens is 2. The summed E-state index contributed by atoms with van der Waals surface area (Å²) in [5.41, 5.74) is 8.02. The molecule has 0 amide bonds. The van der Waals surface area contributed by atoms with E-state index in [0.29, 0.717) is 6.54 Å². The molecule has 3 heteroatoms. The molecule has 0 spiro atoms. The normalized spacial score (nSPS) is 11.2. The van der Waals surface area contributed by atoms with Crippen molar-refractivity contribution in [2.45, 2.75) is 45.6 Å². The SMILES string of the molecule is CCCCCCn1c(CCN)nc2ccccc21. The van der Waals surface area contributed by atoms with Crippen LogP contribution >= 0.6 is 0 Å². The van der Waals surface area contributed by atoms with E-state index in [4.69, 9.17) is 5.73 Å². The van der Waals surface area contributed by atoms with E-state index in [1.807, 2.05) is 6.07 Å². The molecule has 0 saturated heterocycles. The number of rotatable bonds is 7. The maximum atomic E-state index is 5.67. The first-order valence-electron chi connectivity index (χ1n) is 7.01. The van der Waals surface area contributed by atoms with Gasteiger partial charge in [-0.25, -0.2) is 4.98 Å². The first-order valence-corrected chi connectivity index (χ1v) is 7.01. The Labute approximate surface area is 109 Å². The van der Waals surface area contributed by atoms with Crippen LogP contribution in [0.25, 0.3) is 11.0 Å². The lowest BCUT2D eigenvalue weighted by molar-refractivity contribution is 0.574. The predicted octanol–water partition coefficient (Wildman–Crippen LogP) is 3.12. The number of para-hydroxylation sites is 2. The number of unbranched alkanes of at least 4 members (excludes halogenated alkanes) is 3. The molecule has 0 aliphatic heterocycles. The van der Waals surface area contributed by atoms with E-state index in [1.54, 1.807) is 0 Å². The van der Waals surface area contributed by atoms with Gasteiger partial charge < -0.3 is 10.3 Å². The summed E-state index contributed by atoms with van der Waals surface area (Å²) < 4.78 is 2.35. The van der Waals surface area contributed by atoms with Gasteiger partial charge in [0, 0.05) is 13.0 Å². The van der Waals surface area contributed by atoms with Crippen molar-refractivity contribution < 1.29 is 0 Å². The van der Waals surface area contributed by atoms with Crippen molar-refractivity contribution in [2.75, 3.05) is 6.54 Å². The minimum absolute atomic E-state index is 0.665. The van der Waals surface area contributed by atoms with Crippen LogP contribution in [0.15, 0.2) is 24.3 Å². The zero-order chi connectivity index (χ0) is 12.8. The number of hydrogen-bond acceptors (Lipinski definition) is 2. The second-order valence-electron chi connectivity index (χ2n) is 4.77. The number of imidazole rings is 1. The topological polar surface area (TPSA) is 43.8 Å². The lowest BCUT2D eigenvalue weighted by Gasteiger charge is -2.08. The van der Waals surface area contributed by atoms with E-state index in [1.165, 1.54) is 31.2 Å². The van der Waals surface area contributed by atoms with Crippen LogP contribution < -0.4 is 5.73 Å². The molecule has 18 heavy (non-hydrogen) atoms. The molecule has 0 aliphatic rings. The lowest BCUT2D eigenvalue weighted by atomic mass is 10.2. The average molecular weight is 245 g/mol. The van der Waals surface area contributed by atoms with Crippen LogP contribution in [0.5, 0.6) is 0 Å². The summed E-state index contributed by atoms with van der Waals surface area (Å²) in [7, 11) is 0. The fourth-order valence-electron chi connectivity index (χ4n) is 2.39. The van der Waals surface area contributed by atoms with Gasteiger partial charge in [0.05, 0.1) is 11.0 Å². The van der Waals surface area contributed by atoms with Crippen molar-refractivity contribution in [1.82, 2.24) is 9.55 Å². The Morgan fingerprint density at radius 3 is 2.78 bits per heavy atom. The average Bonchev–Trinajstić information content (AvgIpc) is 2.73. The van der Waals surface area contributed by atoms with Gasteiger partial charge in [-0.05, 0) is 25.1 Å². The van der Waals surface area contributed by atoms with Gasteiger partial charge in [0.1, 0.15) is 5.82 Å². The zero-order valence-corrected chi connectivity index (χ0v) is 11.2. The number of hydrogen-bond donors (Lipinski definition) is 1. The Kier molecular flexibility index (Phi) is 4.76. The number of aryl methyl sites for hydroxylation is 1. The molecule has 1 aromatic heterocycles. The van der Waals surface area contributed by atoms with E-state index in [0.717, 1.165) is 24.3 Å². The third kappa shape index (κ3) is 2.91. The van der Waals surface area contributed by atoms with Crippen LogP contribution in [0.4, 0.5) is 0 Å². The molecule has 0 fully saturated rings. The summed E-state index contributed by atoms with van der Waals surface area (Å²) in [6, 6.07) is 8.36. The van der Waals surface area contributed by atoms with Crippen molar-refractivity contribution in [3.05, 3.63) is 30.1 Å². The third-order valence-corrected chi connectivity index (χ3v) is 3.34. The van der Waals surface area contributed by atoms with Gasteiger partial charge in [0.25, 0.3) is 0 Å². The van der Waals surface area contributed by atoms with Gasteiger partial charge in [-0.15, -0.1) is 0 Å². The molecule has 3 nitrogen and oxygen atoms in total. The van der Waals surface area contributed by atoms with Crippen molar-refractivity contribution in [2.24, 2.45) is 5.73 Å². The molecule has 1 aromatic carbocycles. The van der Waals surface area contributed by atoms with Crippen LogP contribution in [0.3, 0.4) is 0 Å². The lowest BCUT2D eigenvalue weighted by Crippen LogP contribution is -2.10. The van der Waals surface area contributed by atoms with E-state index in [9.17, 15) is 0 Å². The van der Waals surface area contributed by atoms with Crippen molar-refractivity contribution >= 4 is 11.0 Å². The Balaban J connectivity index is 2.19. The maximum absolute atomic E-state index is 5.67. The largest absolute Gasteiger partial charge is 0.330 e. The van der Waals surface area contributed by atoms with Crippen LogP contribution in [-0.4, -0.2) is 16.1 Å². The molecule has 98 valence electrons. The van der Waals surface area contributed by atoms with Crippen molar-refractivity contribution in [1.29, 1.82) is 0 Å². The fourth-order valence-corrected chi connectivity index (χ4v) is 2.39. The summed E-state index contributed by atoms with van der Waals surface area (Å²) in [5, 5.41) is 0. The molecule has 0 aliphatic carbocycles. The minimum atomic E-state index is 0.665. The Morgan fingerprint density at radius 2 is 2.00 bits per heavy atom. The molecule has 0 saturated carbocycles. The summed E-state index contributed by atoms with van der Waals surface area (Å²) in [6.07, 6.45) is 5.98. The van der Waals surface area contributed by atoms with E-state index < -0.39 is 0 Å². The first kappa shape index (κ1) is 13.1. The molecule has 2 N–H and O–H groups in total. The highest BCUT2D eigenvalue weighted by molar-refractivity contribution is 5.75. The Morgan fingerprint density at radius 1 is 1.17 bits per heavy atom. The second kappa shape index (κ2) is 6.55. The smallest absolute Gasteiger partial charge is 0.111 e.